The van der Waals surface area contributed by atoms with Gasteiger partial charge < -0.3 is 4.74 Å². The quantitative estimate of drug-likeness (QED) is 0.216. The number of aromatic nitrogens is 1. The number of carbonyl (C=O) groups is 1. The van der Waals surface area contributed by atoms with Crippen LogP contribution in [0.5, 0.6) is 0 Å². The fourth-order valence-electron chi connectivity index (χ4n) is 5.12. The topological polar surface area (TPSA) is 60.7 Å². The first-order valence-electron chi connectivity index (χ1n) is 12.3. The molecular weight excluding hydrogens is 516 g/mol. The van der Waals surface area contributed by atoms with Gasteiger partial charge in [0.05, 0.1) is 22.4 Å². The molecule has 7 heteroatoms. The number of carbonyl (C=O) groups excluding carboxylic acids is 1. The summed E-state index contributed by atoms with van der Waals surface area (Å²) < 4.78 is 7.48. The predicted octanol–water partition coefficient (Wildman–Crippen LogP) is 5.76. The van der Waals surface area contributed by atoms with Crippen LogP contribution in [0.25, 0.3) is 27.6 Å². The summed E-state index contributed by atoms with van der Waals surface area (Å²) in [4.78, 5) is 32.4. The maximum Gasteiger partial charge on any atom is 0.338 e. The smallest absolute Gasteiger partial charge is 0.338 e. The fraction of sp³-hybridized carbons (Fsp3) is 0.129. The maximum atomic E-state index is 14.1. The highest BCUT2D eigenvalue weighted by atomic mass is 35.5. The number of benzene rings is 4. The van der Waals surface area contributed by atoms with Crippen molar-refractivity contribution in [1.29, 1.82) is 0 Å². The van der Waals surface area contributed by atoms with Crippen LogP contribution in [0, 0.1) is 0 Å². The summed E-state index contributed by atoms with van der Waals surface area (Å²) in [6, 6.07) is 25.0. The second-order valence-electron chi connectivity index (χ2n) is 9.06. The van der Waals surface area contributed by atoms with Gasteiger partial charge in [0, 0.05) is 5.02 Å². The van der Waals surface area contributed by atoms with E-state index in [4.69, 9.17) is 16.3 Å². The summed E-state index contributed by atoms with van der Waals surface area (Å²) in [5.41, 5.74) is 2.21. The molecule has 6 rings (SSSR count). The van der Waals surface area contributed by atoms with Crippen molar-refractivity contribution in [3.05, 3.63) is 126 Å². The maximum absolute atomic E-state index is 14.1. The lowest BCUT2D eigenvalue weighted by Crippen LogP contribution is -2.40. The number of ether oxygens (including phenoxy) is 1. The summed E-state index contributed by atoms with van der Waals surface area (Å²) >= 11 is 7.92. The Morgan fingerprint density at radius 2 is 1.66 bits per heavy atom. The van der Waals surface area contributed by atoms with Gasteiger partial charge in [-0.25, -0.2) is 9.79 Å². The molecule has 188 valence electrons. The van der Waals surface area contributed by atoms with Crippen LogP contribution in [-0.4, -0.2) is 17.1 Å². The fourth-order valence-corrected chi connectivity index (χ4v) is 6.39. The number of esters is 1. The van der Waals surface area contributed by atoms with Gasteiger partial charge in [-0.05, 0) is 64.7 Å². The average Bonchev–Trinajstić information content (AvgIpc) is 3.22. The Bertz CT molecular complexity index is 1920. The van der Waals surface area contributed by atoms with Gasteiger partial charge in [-0.2, -0.15) is 0 Å². The van der Waals surface area contributed by atoms with Crippen molar-refractivity contribution < 1.29 is 9.53 Å². The third-order valence-electron chi connectivity index (χ3n) is 6.81. The van der Waals surface area contributed by atoms with Gasteiger partial charge >= 0.3 is 5.97 Å². The molecule has 0 saturated heterocycles. The van der Waals surface area contributed by atoms with Crippen LogP contribution >= 0.6 is 22.9 Å². The van der Waals surface area contributed by atoms with Crippen molar-refractivity contribution in [2.75, 3.05) is 6.61 Å². The number of thiazole rings is 1. The predicted molar refractivity (Wildman–Crippen MR) is 153 cm³/mol. The minimum absolute atomic E-state index is 0.212. The van der Waals surface area contributed by atoms with Gasteiger partial charge in [-0.1, -0.05) is 89.7 Å². The highest BCUT2D eigenvalue weighted by Crippen LogP contribution is 2.34. The molecule has 0 unspecified atom stereocenters. The third-order valence-corrected chi connectivity index (χ3v) is 8.13. The summed E-state index contributed by atoms with van der Waals surface area (Å²) in [7, 11) is 0. The average molecular weight is 539 g/mol. The summed E-state index contributed by atoms with van der Waals surface area (Å²) in [6.07, 6.45) is 1.95. The summed E-state index contributed by atoms with van der Waals surface area (Å²) in [5.74, 6) is -0.506. The summed E-state index contributed by atoms with van der Waals surface area (Å²) in [6.45, 7) is 3.73. The van der Waals surface area contributed by atoms with Crippen LogP contribution in [0.1, 0.15) is 31.0 Å². The lowest BCUT2D eigenvalue weighted by molar-refractivity contribution is -0.139. The van der Waals surface area contributed by atoms with Crippen LogP contribution < -0.4 is 14.9 Å². The first kappa shape index (κ1) is 24.3. The number of allylic oxidation sites excluding steroid dienone is 1. The van der Waals surface area contributed by atoms with E-state index in [1.54, 1.807) is 24.5 Å². The van der Waals surface area contributed by atoms with E-state index in [0.29, 0.717) is 31.2 Å². The largest absolute Gasteiger partial charge is 0.463 e. The number of halogens is 1. The molecule has 0 spiro atoms. The molecule has 5 aromatic rings. The molecule has 38 heavy (non-hydrogen) atoms. The molecule has 4 aromatic carbocycles. The van der Waals surface area contributed by atoms with Crippen LogP contribution in [-0.2, 0) is 9.53 Å². The van der Waals surface area contributed by atoms with Crippen LogP contribution in [0.4, 0.5) is 0 Å². The molecule has 0 aliphatic carbocycles. The number of rotatable bonds is 4. The molecule has 0 fully saturated rings. The second kappa shape index (κ2) is 9.71. The van der Waals surface area contributed by atoms with E-state index >= 15 is 0 Å². The Hall–Kier alpha value is -4.00. The molecule has 0 amide bonds. The van der Waals surface area contributed by atoms with Crippen molar-refractivity contribution in [2.45, 2.75) is 19.9 Å². The Balaban J connectivity index is 1.66. The molecular formula is C31H23ClN2O3S. The molecule has 0 bridgehead atoms. The molecule has 0 N–H and O–H groups in total. The molecule has 5 nitrogen and oxygen atoms in total. The second-order valence-corrected chi connectivity index (χ2v) is 10.5. The number of hydrogen-bond donors (Lipinski definition) is 0. The molecule has 2 heterocycles. The highest BCUT2D eigenvalue weighted by molar-refractivity contribution is 7.07. The Labute approximate surface area is 227 Å². The van der Waals surface area contributed by atoms with Crippen molar-refractivity contribution in [1.82, 2.24) is 4.57 Å². The zero-order valence-electron chi connectivity index (χ0n) is 20.8. The standard InChI is InChI=1S/C31H23ClN2O3S/c1-3-37-30(36)27-18(2)33-31-34(28(27)23-14-8-9-15-25(23)32)29(35)26(38-31)17-24-21-12-6-4-10-19(21)16-20-11-5-7-13-22(20)24/h4-17,28H,3H2,1-2H3/b26-17-/t28-/m0/s1. The first-order chi connectivity index (χ1) is 18.5. The zero-order chi connectivity index (χ0) is 26.4. The lowest BCUT2D eigenvalue weighted by Gasteiger charge is -2.25. The van der Waals surface area contributed by atoms with Crippen molar-refractivity contribution >= 4 is 56.5 Å². The minimum atomic E-state index is -0.745. The summed E-state index contributed by atoms with van der Waals surface area (Å²) in [5, 5.41) is 4.77. The monoisotopic (exact) mass is 538 g/mol. The molecule has 1 aliphatic heterocycles. The Morgan fingerprint density at radius 3 is 2.32 bits per heavy atom. The van der Waals surface area contributed by atoms with Crippen LogP contribution in [0.15, 0.2) is 99.9 Å². The van der Waals surface area contributed by atoms with Crippen LogP contribution in [0.3, 0.4) is 0 Å². The third kappa shape index (κ3) is 3.97. The first-order valence-corrected chi connectivity index (χ1v) is 13.5. The van der Waals surface area contributed by atoms with E-state index in [9.17, 15) is 9.59 Å². The van der Waals surface area contributed by atoms with Gasteiger partial charge in [0.2, 0.25) is 0 Å². The zero-order valence-corrected chi connectivity index (χ0v) is 22.3. The molecule has 0 saturated carbocycles. The number of fused-ring (bicyclic) bond motifs is 3. The highest BCUT2D eigenvalue weighted by Gasteiger charge is 2.34. The van der Waals surface area contributed by atoms with Crippen molar-refractivity contribution in [2.24, 2.45) is 4.99 Å². The van der Waals surface area contributed by atoms with E-state index < -0.39 is 12.0 Å². The van der Waals surface area contributed by atoms with Gasteiger partial charge in [0.15, 0.2) is 4.80 Å². The molecule has 0 radical (unpaired) electrons. The number of nitrogens with zero attached hydrogens (tertiary/aromatic N) is 2. The minimum Gasteiger partial charge on any atom is -0.463 e. The van der Waals surface area contributed by atoms with Crippen LogP contribution in [0.2, 0.25) is 5.02 Å². The van der Waals surface area contributed by atoms with E-state index in [2.05, 4.69) is 35.3 Å². The normalized spacial score (nSPS) is 15.6. The van der Waals surface area contributed by atoms with Gasteiger partial charge in [0.25, 0.3) is 5.56 Å². The SMILES string of the molecule is CCOC(=O)C1=C(C)N=c2s/c(=C\c3c4ccccc4cc4ccccc34)c(=O)n2[C@H]1c1ccccc1Cl. The Kier molecular flexibility index (Phi) is 6.22. The molecule has 1 atom stereocenters. The lowest BCUT2D eigenvalue weighted by atomic mass is 9.95. The Morgan fingerprint density at radius 1 is 1.03 bits per heavy atom. The van der Waals surface area contributed by atoms with E-state index in [1.807, 2.05) is 48.5 Å². The van der Waals surface area contributed by atoms with Crippen molar-refractivity contribution in [3.8, 4) is 0 Å². The van der Waals surface area contributed by atoms with E-state index in [0.717, 1.165) is 27.1 Å². The van der Waals surface area contributed by atoms with Gasteiger partial charge in [-0.15, -0.1) is 0 Å². The van der Waals surface area contributed by atoms with E-state index in [-0.39, 0.29) is 12.2 Å². The van der Waals surface area contributed by atoms with E-state index in [1.165, 1.54) is 11.3 Å². The van der Waals surface area contributed by atoms with Gasteiger partial charge in [-0.3, -0.25) is 9.36 Å². The van der Waals surface area contributed by atoms with Gasteiger partial charge in [0.1, 0.15) is 6.04 Å². The number of hydrogen-bond acceptors (Lipinski definition) is 5. The molecule has 1 aromatic heterocycles. The van der Waals surface area contributed by atoms with Crippen molar-refractivity contribution in [3.63, 3.8) is 0 Å². The molecule has 1 aliphatic rings.